The van der Waals surface area contributed by atoms with Gasteiger partial charge in [0.05, 0.1) is 12.2 Å². The van der Waals surface area contributed by atoms with E-state index in [1.54, 1.807) is 0 Å². The summed E-state index contributed by atoms with van der Waals surface area (Å²) in [6.07, 6.45) is 1.45. The summed E-state index contributed by atoms with van der Waals surface area (Å²) >= 11 is 0. The lowest BCUT2D eigenvalue weighted by Crippen LogP contribution is -2.54. The number of hydrogen-bond acceptors (Lipinski definition) is 4. The minimum Gasteiger partial charge on any atom is -0.344 e. The number of rotatable bonds is 0. The van der Waals surface area contributed by atoms with Gasteiger partial charge in [0.25, 0.3) is 0 Å². The molecule has 1 aliphatic heterocycles. The molecule has 6 atom stereocenters. The molecule has 2 saturated carbocycles. The van der Waals surface area contributed by atoms with Gasteiger partial charge < -0.3 is 20.9 Å². The SMILES string of the molecule is CC1(C)OC2C3CC(C(N)C3N)C2O1. The molecule has 3 fully saturated rings. The van der Waals surface area contributed by atoms with Gasteiger partial charge in [-0.3, -0.25) is 0 Å². The fraction of sp³-hybridized carbons (Fsp3) is 1.00. The third kappa shape index (κ3) is 0.972. The van der Waals surface area contributed by atoms with Crippen molar-refractivity contribution < 1.29 is 9.47 Å². The van der Waals surface area contributed by atoms with Crippen LogP contribution in [0.15, 0.2) is 0 Å². The summed E-state index contributed by atoms with van der Waals surface area (Å²) in [5.74, 6) is 0.360. The van der Waals surface area contributed by atoms with Gasteiger partial charge in [0.2, 0.25) is 0 Å². The zero-order valence-electron chi connectivity index (χ0n) is 8.64. The van der Waals surface area contributed by atoms with Crippen LogP contribution in [0, 0.1) is 11.8 Å². The van der Waals surface area contributed by atoms with Crippen LogP contribution in [-0.2, 0) is 9.47 Å². The largest absolute Gasteiger partial charge is 0.344 e. The summed E-state index contributed by atoms with van der Waals surface area (Å²) in [7, 11) is 0. The maximum absolute atomic E-state index is 6.05. The highest BCUT2D eigenvalue weighted by molar-refractivity contribution is 5.13. The molecule has 0 aromatic carbocycles. The van der Waals surface area contributed by atoms with E-state index in [1.165, 1.54) is 0 Å². The molecule has 4 N–H and O–H groups in total. The van der Waals surface area contributed by atoms with Crippen LogP contribution in [0.2, 0.25) is 0 Å². The molecule has 80 valence electrons. The van der Waals surface area contributed by atoms with Gasteiger partial charge in [-0.25, -0.2) is 0 Å². The molecular formula is C10H18N2O2. The van der Waals surface area contributed by atoms with Gasteiger partial charge in [-0.05, 0) is 20.3 Å². The van der Waals surface area contributed by atoms with E-state index in [9.17, 15) is 0 Å². The molecule has 1 saturated heterocycles. The Labute approximate surface area is 83.9 Å². The van der Waals surface area contributed by atoms with Crippen molar-refractivity contribution in [2.45, 2.75) is 50.3 Å². The summed E-state index contributed by atoms with van der Waals surface area (Å²) < 4.78 is 11.7. The predicted molar refractivity (Wildman–Crippen MR) is 51.4 cm³/mol. The Morgan fingerprint density at radius 3 is 1.86 bits per heavy atom. The molecule has 4 nitrogen and oxygen atoms in total. The lowest BCUT2D eigenvalue weighted by Gasteiger charge is -2.31. The van der Waals surface area contributed by atoms with Crippen LogP contribution in [-0.4, -0.2) is 30.1 Å². The number of nitrogens with two attached hydrogens (primary N) is 2. The van der Waals surface area contributed by atoms with Gasteiger partial charge in [-0.2, -0.15) is 0 Å². The first-order valence-electron chi connectivity index (χ1n) is 5.36. The molecule has 0 amide bonds. The minimum absolute atomic E-state index is 0.0961. The van der Waals surface area contributed by atoms with Crippen molar-refractivity contribution in [3.63, 3.8) is 0 Å². The van der Waals surface area contributed by atoms with Crippen LogP contribution in [0.3, 0.4) is 0 Å². The van der Waals surface area contributed by atoms with Crippen LogP contribution in [0.4, 0.5) is 0 Å². The molecule has 3 rings (SSSR count). The standard InChI is InChI=1S/C10H18N2O2/c1-10(2)13-8-4-3-5(9(8)14-10)7(12)6(4)11/h4-9H,3,11-12H2,1-2H3. The van der Waals surface area contributed by atoms with E-state index in [0.29, 0.717) is 11.8 Å². The van der Waals surface area contributed by atoms with Crippen molar-refractivity contribution in [1.29, 1.82) is 0 Å². The van der Waals surface area contributed by atoms with Gasteiger partial charge in [0.15, 0.2) is 5.79 Å². The second-order valence-corrected chi connectivity index (χ2v) is 5.28. The Morgan fingerprint density at radius 2 is 1.43 bits per heavy atom. The summed E-state index contributed by atoms with van der Waals surface area (Å²) in [6.45, 7) is 3.92. The average molecular weight is 198 g/mol. The first-order valence-corrected chi connectivity index (χ1v) is 5.36. The molecule has 2 aliphatic carbocycles. The smallest absolute Gasteiger partial charge is 0.163 e. The van der Waals surface area contributed by atoms with Gasteiger partial charge >= 0.3 is 0 Å². The van der Waals surface area contributed by atoms with Crippen molar-refractivity contribution in [3.05, 3.63) is 0 Å². The second kappa shape index (κ2) is 2.50. The summed E-state index contributed by atoms with van der Waals surface area (Å²) in [4.78, 5) is 0. The molecule has 14 heavy (non-hydrogen) atoms. The maximum atomic E-state index is 6.05. The highest BCUT2D eigenvalue weighted by Gasteiger charge is 2.62. The van der Waals surface area contributed by atoms with Gasteiger partial charge in [-0.15, -0.1) is 0 Å². The van der Waals surface area contributed by atoms with Crippen LogP contribution >= 0.6 is 0 Å². The van der Waals surface area contributed by atoms with Crippen LogP contribution in [0.5, 0.6) is 0 Å². The van der Waals surface area contributed by atoms with Crippen molar-refractivity contribution in [3.8, 4) is 0 Å². The van der Waals surface area contributed by atoms with Crippen molar-refractivity contribution in [1.82, 2.24) is 0 Å². The highest BCUT2D eigenvalue weighted by atomic mass is 16.8. The Kier molecular flexibility index (Phi) is 1.62. The lowest BCUT2D eigenvalue weighted by molar-refractivity contribution is -0.157. The van der Waals surface area contributed by atoms with E-state index >= 15 is 0 Å². The molecule has 6 unspecified atom stereocenters. The molecule has 3 aliphatic rings. The number of hydrogen-bond donors (Lipinski definition) is 2. The third-order valence-corrected chi connectivity index (χ3v) is 3.99. The van der Waals surface area contributed by atoms with E-state index in [-0.39, 0.29) is 24.3 Å². The monoisotopic (exact) mass is 198 g/mol. The third-order valence-electron chi connectivity index (χ3n) is 3.99. The highest BCUT2D eigenvalue weighted by Crippen LogP contribution is 2.51. The van der Waals surface area contributed by atoms with Crippen molar-refractivity contribution in [2.75, 3.05) is 0 Å². The van der Waals surface area contributed by atoms with Gasteiger partial charge in [0, 0.05) is 23.9 Å². The summed E-state index contributed by atoms with van der Waals surface area (Å²) in [5, 5.41) is 0. The second-order valence-electron chi connectivity index (χ2n) is 5.28. The molecule has 2 bridgehead atoms. The van der Waals surface area contributed by atoms with E-state index in [1.807, 2.05) is 13.8 Å². The summed E-state index contributed by atoms with van der Waals surface area (Å²) in [6, 6.07) is 0.192. The molecule has 0 radical (unpaired) electrons. The van der Waals surface area contributed by atoms with Gasteiger partial charge in [-0.1, -0.05) is 0 Å². The van der Waals surface area contributed by atoms with Gasteiger partial charge in [0.1, 0.15) is 0 Å². The van der Waals surface area contributed by atoms with Crippen LogP contribution < -0.4 is 11.5 Å². The normalized spacial score (nSPS) is 59.1. The minimum atomic E-state index is -0.448. The number of ether oxygens (including phenoxy) is 2. The Balaban J connectivity index is 1.89. The fourth-order valence-corrected chi connectivity index (χ4v) is 3.39. The molecule has 0 aromatic heterocycles. The molecule has 0 spiro atoms. The van der Waals surface area contributed by atoms with E-state index in [0.717, 1.165) is 6.42 Å². The summed E-state index contributed by atoms with van der Waals surface area (Å²) in [5.41, 5.74) is 12.1. The first kappa shape index (κ1) is 9.09. The van der Waals surface area contributed by atoms with E-state index < -0.39 is 5.79 Å². The quantitative estimate of drug-likeness (QED) is 0.566. The Hall–Kier alpha value is -0.160. The van der Waals surface area contributed by atoms with Crippen molar-refractivity contribution in [2.24, 2.45) is 23.3 Å². The zero-order chi connectivity index (χ0) is 10.1. The topological polar surface area (TPSA) is 70.5 Å². The van der Waals surface area contributed by atoms with E-state index in [4.69, 9.17) is 20.9 Å². The Morgan fingerprint density at radius 1 is 1.00 bits per heavy atom. The fourth-order valence-electron chi connectivity index (χ4n) is 3.39. The number of fused-ring (bicyclic) bond motifs is 5. The zero-order valence-corrected chi connectivity index (χ0v) is 8.64. The van der Waals surface area contributed by atoms with E-state index in [2.05, 4.69) is 0 Å². The molecule has 4 heteroatoms. The van der Waals surface area contributed by atoms with Crippen LogP contribution in [0.25, 0.3) is 0 Å². The molecular weight excluding hydrogens is 180 g/mol. The maximum Gasteiger partial charge on any atom is 0.163 e. The van der Waals surface area contributed by atoms with Crippen LogP contribution in [0.1, 0.15) is 20.3 Å². The molecule has 0 aromatic rings. The average Bonchev–Trinajstić information content (AvgIpc) is 2.62. The van der Waals surface area contributed by atoms with Crippen molar-refractivity contribution >= 4 is 0 Å². The first-order chi connectivity index (χ1) is 6.49. The Bertz CT molecular complexity index is 245. The predicted octanol–water partition coefficient (Wildman–Crippen LogP) is -0.189. The lowest BCUT2D eigenvalue weighted by atomic mass is 9.87. The molecule has 1 heterocycles.